The molecule has 5 rings (SSSR count). The minimum Gasteiger partial charge on any atom is -0.490 e. The van der Waals surface area contributed by atoms with Gasteiger partial charge in [-0.25, -0.2) is 9.18 Å². The van der Waals surface area contributed by atoms with Crippen LogP contribution >= 0.6 is 11.6 Å². The number of ether oxygens (including phenoxy) is 1. The second-order valence-corrected chi connectivity index (χ2v) is 9.58. The van der Waals surface area contributed by atoms with Crippen LogP contribution in [0.15, 0.2) is 48.7 Å². The summed E-state index contributed by atoms with van der Waals surface area (Å²) in [6.07, 6.45) is 5.36. The lowest BCUT2D eigenvalue weighted by molar-refractivity contribution is 0.146. The van der Waals surface area contributed by atoms with E-state index in [9.17, 15) is 9.18 Å². The van der Waals surface area contributed by atoms with Crippen molar-refractivity contribution in [3.05, 3.63) is 59.5 Å². The first-order valence-electron chi connectivity index (χ1n) is 12.0. The molecule has 34 heavy (non-hydrogen) atoms. The summed E-state index contributed by atoms with van der Waals surface area (Å²) in [5, 5.41) is 4.47. The van der Waals surface area contributed by atoms with E-state index in [4.69, 9.17) is 16.3 Å². The normalized spacial score (nSPS) is 17.5. The molecular weight excluding hydrogens is 455 g/mol. The van der Waals surface area contributed by atoms with Crippen LogP contribution in [0.3, 0.4) is 0 Å². The third kappa shape index (κ3) is 5.15. The fraction of sp³-hybridized carbons (Fsp3) is 0.423. The van der Waals surface area contributed by atoms with Crippen molar-refractivity contribution in [3.63, 3.8) is 0 Å². The zero-order valence-electron chi connectivity index (χ0n) is 19.2. The summed E-state index contributed by atoms with van der Waals surface area (Å²) in [5.74, 6) is 1.20. The molecule has 8 heteroatoms. The fourth-order valence-corrected chi connectivity index (χ4v) is 5.12. The lowest BCUT2D eigenvalue weighted by atomic mass is 9.93. The maximum absolute atomic E-state index is 13.4. The molecule has 2 saturated heterocycles. The maximum atomic E-state index is 13.4. The van der Waals surface area contributed by atoms with Gasteiger partial charge in [-0.05, 0) is 80.7 Å². The van der Waals surface area contributed by atoms with Gasteiger partial charge in [0.2, 0.25) is 0 Å². The SMILES string of the molecule is O=C1NCCN1CCC1CCN(CCOc2cn(-c3ccc(F)cc3)c3ccc(Cl)cc23)CC1. The average Bonchev–Trinajstić information content (AvgIpc) is 3.42. The van der Waals surface area contributed by atoms with Gasteiger partial charge < -0.3 is 19.5 Å². The number of carbonyl (C=O) groups is 1. The Morgan fingerprint density at radius 1 is 1.06 bits per heavy atom. The van der Waals surface area contributed by atoms with Crippen LogP contribution in [0.5, 0.6) is 5.75 Å². The van der Waals surface area contributed by atoms with Gasteiger partial charge in [0.25, 0.3) is 0 Å². The first-order chi connectivity index (χ1) is 16.6. The standard InChI is InChI=1S/C26H30ClFN4O2/c27-20-1-6-24-23(17-20)25(18-32(24)22-4-2-21(28)3-5-22)34-16-15-30-11-7-19(8-12-30)9-13-31-14-10-29-26(31)33/h1-6,17-19H,7-16H2,(H,29,33). The number of nitrogens with zero attached hydrogens (tertiary/aromatic N) is 3. The Kier molecular flexibility index (Phi) is 6.92. The number of halogens is 2. The van der Waals surface area contributed by atoms with E-state index >= 15 is 0 Å². The number of piperidine rings is 1. The predicted octanol–water partition coefficient (Wildman–Crippen LogP) is 4.93. The molecule has 0 spiro atoms. The minimum absolute atomic E-state index is 0.0802. The van der Waals surface area contributed by atoms with Crippen molar-refractivity contribution in [2.24, 2.45) is 5.92 Å². The second-order valence-electron chi connectivity index (χ2n) is 9.14. The van der Waals surface area contributed by atoms with Crippen LogP contribution in [-0.2, 0) is 0 Å². The number of amides is 2. The number of nitrogens with one attached hydrogen (secondary N) is 1. The van der Waals surface area contributed by atoms with Gasteiger partial charge in [-0.3, -0.25) is 4.90 Å². The largest absolute Gasteiger partial charge is 0.490 e. The van der Waals surface area contributed by atoms with E-state index in [0.29, 0.717) is 17.5 Å². The van der Waals surface area contributed by atoms with Crippen LogP contribution in [0.4, 0.5) is 9.18 Å². The number of fused-ring (bicyclic) bond motifs is 1. The topological polar surface area (TPSA) is 49.7 Å². The monoisotopic (exact) mass is 484 g/mol. The van der Waals surface area contributed by atoms with E-state index in [2.05, 4.69) is 10.2 Å². The van der Waals surface area contributed by atoms with Gasteiger partial charge in [-0.2, -0.15) is 0 Å². The number of benzene rings is 2. The molecule has 2 amide bonds. The summed E-state index contributed by atoms with van der Waals surface area (Å²) in [6.45, 7) is 6.04. The quantitative estimate of drug-likeness (QED) is 0.493. The van der Waals surface area contributed by atoms with Crippen LogP contribution in [0.25, 0.3) is 16.6 Å². The van der Waals surface area contributed by atoms with Crippen molar-refractivity contribution in [3.8, 4) is 11.4 Å². The lowest BCUT2D eigenvalue weighted by Gasteiger charge is -2.32. The number of rotatable bonds is 8. The molecule has 3 heterocycles. The third-order valence-corrected chi connectivity index (χ3v) is 7.19. The molecule has 2 aliphatic rings. The minimum atomic E-state index is -0.259. The molecule has 0 aliphatic carbocycles. The van der Waals surface area contributed by atoms with E-state index in [-0.39, 0.29) is 11.8 Å². The number of hydrogen-bond donors (Lipinski definition) is 1. The van der Waals surface area contributed by atoms with Gasteiger partial charge in [0.1, 0.15) is 18.2 Å². The van der Waals surface area contributed by atoms with Crippen LogP contribution < -0.4 is 10.1 Å². The van der Waals surface area contributed by atoms with Crippen LogP contribution in [-0.4, -0.2) is 66.3 Å². The van der Waals surface area contributed by atoms with Gasteiger partial charge >= 0.3 is 6.03 Å². The summed E-state index contributed by atoms with van der Waals surface area (Å²) in [4.78, 5) is 16.1. The molecular formula is C26H30ClFN4O2. The van der Waals surface area contributed by atoms with E-state index in [1.807, 2.05) is 33.9 Å². The van der Waals surface area contributed by atoms with Gasteiger partial charge in [0.15, 0.2) is 0 Å². The van der Waals surface area contributed by atoms with Crippen molar-refractivity contribution < 1.29 is 13.9 Å². The summed E-state index contributed by atoms with van der Waals surface area (Å²) in [6, 6.07) is 12.2. The van der Waals surface area contributed by atoms with Crippen molar-refractivity contribution in [2.75, 3.05) is 45.9 Å². The molecule has 180 valence electrons. The summed E-state index contributed by atoms with van der Waals surface area (Å²) in [7, 11) is 0. The smallest absolute Gasteiger partial charge is 0.317 e. The van der Waals surface area contributed by atoms with Crippen molar-refractivity contribution in [1.82, 2.24) is 19.7 Å². The molecule has 2 aromatic carbocycles. The van der Waals surface area contributed by atoms with Crippen molar-refractivity contribution in [2.45, 2.75) is 19.3 Å². The average molecular weight is 485 g/mol. The predicted molar refractivity (Wildman–Crippen MR) is 132 cm³/mol. The molecule has 2 aliphatic heterocycles. The van der Waals surface area contributed by atoms with Crippen molar-refractivity contribution in [1.29, 1.82) is 0 Å². The zero-order chi connectivity index (χ0) is 23.5. The van der Waals surface area contributed by atoms with Gasteiger partial charge in [0.05, 0.1) is 11.7 Å². The summed E-state index contributed by atoms with van der Waals surface area (Å²) >= 11 is 6.26. The number of hydrogen-bond acceptors (Lipinski definition) is 3. The molecule has 0 saturated carbocycles. The van der Waals surface area contributed by atoms with Crippen LogP contribution in [0.1, 0.15) is 19.3 Å². The highest BCUT2D eigenvalue weighted by Gasteiger charge is 2.23. The Morgan fingerprint density at radius 2 is 1.85 bits per heavy atom. The number of likely N-dealkylation sites (tertiary alicyclic amines) is 1. The Labute approximate surface area is 204 Å². The molecule has 6 nitrogen and oxygen atoms in total. The maximum Gasteiger partial charge on any atom is 0.317 e. The van der Waals surface area contributed by atoms with Crippen molar-refractivity contribution >= 4 is 28.5 Å². The number of aromatic nitrogens is 1. The number of carbonyl (C=O) groups excluding carboxylic acids is 1. The molecule has 0 bridgehead atoms. The molecule has 1 aromatic heterocycles. The van der Waals surface area contributed by atoms with Gasteiger partial charge in [-0.1, -0.05) is 11.6 Å². The van der Waals surface area contributed by atoms with Gasteiger partial charge in [0, 0.05) is 42.3 Å². The zero-order valence-corrected chi connectivity index (χ0v) is 19.9. The highest BCUT2D eigenvalue weighted by atomic mass is 35.5. The van der Waals surface area contributed by atoms with E-state index in [1.165, 1.54) is 12.1 Å². The molecule has 0 radical (unpaired) electrons. The first-order valence-corrected chi connectivity index (χ1v) is 12.4. The van der Waals surface area contributed by atoms with E-state index < -0.39 is 0 Å². The van der Waals surface area contributed by atoms with Gasteiger partial charge in [-0.15, -0.1) is 0 Å². The van der Waals surface area contributed by atoms with Crippen LogP contribution in [0.2, 0.25) is 5.02 Å². The first kappa shape index (κ1) is 23.0. The summed E-state index contributed by atoms with van der Waals surface area (Å²) in [5.41, 5.74) is 1.84. The highest BCUT2D eigenvalue weighted by molar-refractivity contribution is 6.31. The highest BCUT2D eigenvalue weighted by Crippen LogP contribution is 2.33. The molecule has 0 atom stereocenters. The fourth-order valence-electron chi connectivity index (χ4n) is 4.95. The number of urea groups is 1. The Bertz CT molecular complexity index is 1140. The van der Waals surface area contributed by atoms with E-state index in [1.54, 1.807) is 12.1 Å². The Morgan fingerprint density at radius 3 is 2.59 bits per heavy atom. The second kappa shape index (κ2) is 10.2. The Hall–Kier alpha value is -2.77. The molecule has 3 aromatic rings. The molecule has 1 N–H and O–H groups in total. The third-order valence-electron chi connectivity index (χ3n) is 6.96. The molecule has 0 unspecified atom stereocenters. The van der Waals surface area contributed by atoms with E-state index in [0.717, 1.165) is 80.9 Å². The molecule has 2 fully saturated rings. The van der Waals surface area contributed by atoms with Crippen LogP contribution in [0, 0.1) is 11.7 Å². The lowest BCUT2D eigenvalue weighted by Crippen LogP contribution is -2.37. The Balaban J connectivity index is 1.15. The summed E-state index contributed by atoms with van der Waals surface area (Å²) < 4.78 is 21.6.